The van der Waals surface area contributed by atoms with Gasteiger partial charge >= 0.3 is 6.09 Å². The molecule has 1 saturated heterocycles. The van der Waals surface area contributed by atoms with Gasteiger partial charge in [0.05, 0.1) is 11.6 Å². The molecule has 3 aliphatic rings. The lowest BCUT2D eigenvalue weighted by molar-refractivity contribution is -0.199. The zero-order chi connectivity index (χ0) is 30.6. The standard InChI is InChI=1S/C34H38ClN3O4/c1-32(2,3)42-31(40)37-18-22(19-37)11-9-10-21-12-14-25-23(16-21)20-38(28(25)39)29-33(4,5)30(34(29,6)7)41-24-13-15-27(36-8)26(35)17-24/h12-17,22,29-30H,11,18-20H2,1-7H3. The van der Waals surface area contributed by atoms with Crippen molar-refractivity contribution in [2.45, 2.75) is 79.2 Å². The zero-order valence-electron chi connectivity index (χ0n) is 25.4. The molecule has 0 aromatic heterocycles. The number of halogens is 1. The lowest BCUT2D eigenvalue weighted by Crippen LogP contribution is -2.74. The fourth-order valence-electron chi connectivity index (χ4n) is 7.10. The Hall–Kier alpha value is -3.68. The number of likely N-dealkylation sites (tertiary alicyclic amines) is 1. The van der Waals surface area contributed by atoms with Crippen LogP contribution >= 0.6 is 11.6 Å². The molecule has 7 nitrogen and oxygen atoms in total. The summed E-state index contributed by atoms with van der Waals surface area (Å²) < 4.78 is 11.9. The van der Waals surface area contributed by atoms with E-state index in [2.05, 4.69) is 44.4 Å². The van der Waals surface area contributed by atoms with Crippen molar-refractivity contribution in [3.63, 3.8) is 0 Å². The lowest BCUT2D eigenvalue weighted by atomic mass is 9.49. The Kier molecular flexibility index (Phi) is 7.48. The molecule has 5 rings (SSSR count). The van der Waals surface area contributed by atoms with Crippen LogP contribution in [-0.4, -0.2) is 52.6 Å². The Morgan fingerprint density at radius 2 is 1.81 bits per heavy atom. The number of ether oxygens (including phenoxy) is 2. The maximum absolute atomic E-state index is 13.6. The quantitative estimate of drug-likeness (QED) is 0.277. The van der Waals surface area contributed by atoms with E-state index in [-0.39, 0.29) is 35.0 Å². The molecule has 1 saturated carbocycles. The first-order chi connectivity index (χ1) is 19.6. The van der Waals surface area contributed by atoms with E-state index in [0.29, 0.717) is 48.4 Å². The topological polar surface area (TPSA) is 63.4 Å². The summed E-state index contributed by atoms with van der Waals surface area (Å²) in [7, 11) is 0. The second-order valence-electron chi connectivity index (χ2n) is 13.8. The average Bonchev–Trinajstić information content (AvgIpc) is 3.16. The van der Waals surface area contributed by atoms with Gasteiger partial charge in [-0.25, -0.2) is 9.64 Å². The fourth-order valence-corrected chi connectivity index (χ4v) is 7.32. The highest BCUT2D eigenvalue weighted by Gasteiger charge is 2.67. The predicted molar refractivity (Wildman–Crippen MR) is 163 cm³/mol. The Bertz CT molecular complexity index is 1520. The molecule has 1 aliphatic carbocycles. The zero-order valence-corrected chi connectivity index (χ0v) is 26.1. The highest BCUT2D eigenvalue weighted by molar-refractivity contribution is 6.33. The molecule has 2 fully saturated rings. The molecular formula is C34H38ClN3O4. The molecule has 0 bridgehead atoms. The molecule has 2 aromatic rings. The van der Waals surface area contributed by atoms with Crippen molar-refractivity contribution in [3.05, 3.63) is 69.5 Å². The highest BCUT2D eigenvalue weighted by atomic mass is 35.5. The second-order valence-corrected chi connectivity index (χ2v) is 14.2. The molecule has 2 amide bonds. The van der Waals surface area contributed by atoms with Crippen molar-refractivity contribution in [2.75, 3.05) is 13.1 Å². The largest absolute Gasteiger partial charge is 0.489 e. The van der Waals surface area contributed by atoms with Gasteiger partial charge in [0, 0.05) is 60.0 Å². The van der Waals surface area contributed by atoms with Gasteiger partial charge in [-0.1, -0.05) is 57.2 Å². The van der Waals surface area contributed by atoms with Crippen LogP contribution in [0.4, 0.5) is 10.5 Å². The summed E-state index contributed by atoms with van der Waals surface area (Å²) in [5.41, 5.74) is 1.88. The number of carbonyl (C=O) groups excluding carboxylic acids is 2. The van der Waals surface area contributed by atoms with E-state index in [0.717, 1.165) is 16.7 Å². The fraction of sp³-hybridized carbons (Fsp3) is 0.500. The number of hydrogen-bond donors (Lipinski definition) is 0. The smallest absolute Gasteiger partial charge is 0.410 e. The number of fused-ring (bicyclic) bond motifs is 1. The Morgan fingerprint density at radius 3 is 2.43 bits per heavy atom. The van der Waals surface area contributed by atoms with E-state index in [1.54, 1.807) is 23.1 Å². The van der Waals surface area contributed by atoms with Gasteiger partial charge in [0.1, 0.15) is 17.5 Å². The minimum absolute atomic E-state index is 0.0334. The maximum atomic E-state index is 13.6. The molecular weight excluding hydrogens is 550 g/mol. The van der Waals surface area contributed by atoms with Crippen LogP contribution in [0, 0.1) is 35.2 Å². The van der Waals surface area contributed by atoms with Gasteiger partial charge in [-0.15, -0.1) is 0 Å². The van der Waals surface area contributed by atoms with Crippen LogP contribution in [0.25, 0.3) is 4.85 Å². The van der Waals surface area contributed by atoms with Crippen molar-refractivity contribution >= 4 is 29.3 Å². The number of hydrogen-bond acceptors (Lipinski definition) is 4. The number of carbonyl (C=O) groups is 2. The molecule has 220 valence electrons. The molecule has 0 N–H and O–H groups in total. The molecule has 2 aliphatic heterocycles. The van der Waals surface area contributed by atoms with Crippen molar-refractivity contribution in [2.24, 2.45) is 16.7 Å². The van der Waals surface area contributed by atoms with Crippen LogP contribution in [0.5, 0.6) is 5.75 Å². The monoisotopic (exact) mass is 587 g/mol. The van der Waals surface area contributed by atoms with Gasteiger partial charge in [-0.05, 0) is 56.7 Å². The predicted octanol–water partition coefficient (Wildman–Crippen LogP) is 7.34. The molecule has 42 heavy (non-hydrogen) atoms. The first-order valence-corrected chi connectivity index (χ1v) is 14.7. The van der Waals surface area contributed by atoms with Crippen LogP contribution in [0.15, 0.2) is 36.4 Å². The van der Waals surface area contributed by atoms with E-state index in [9.17, 15) is 9.59 Å². The van der Waals surface area contributed by atoms with Gasteiger partial charge in [-0.3, -0.25) is 4.79 Å². The van der Waals surface area contributed by atoms with E-state index in [4.69, 9.17) is 27.6 Å². The number of nitrogens with zero attached hydrogens (tertiary/aromatic N) is 3. The number of benzene rings is 2. The number of rotatable bonds is 4. The van der Waals surface area contributed by atoms with E-state index in [1.165, 1.54) is 0 Å². The lowest BCUT2D eigenvalue weighted by Gasteiger charge is -2.65. The summed E-state index contributed by atoms with van der Waals surface area (Å²) in [5, 5.41) is 0.369. The SMILES string of the molecule is [C-]#[N+]c1ccc(OC2C(C)(C)C(N3Cc4cc(C#CCC5CN(C(=O)OC(C)(C)C)C5)ccc4C3=O)C2(C)C)cc1Cl. The van der Waals surface area contributed by atoms with Crippen LogP contribution in [0.2, 0.25) is 5.02 Å². The third-order valence-electron chi connectivity index (χ3n) is 8.54. The van der Waals surface area contributed by atoms with E-state index in [1.807, 2.05) is 43.9 Å². The van der Waals surface area contributed by atoms with E-state index >= 15 is 0 Å². The van der Waals surface area contributed by atoms with Crippen LogP contribution < -0.4 is 4.74 Å². The Balaban J connectivity index is 1.22. The first-order valence-electron chi connectivity index (χ1n) is 14.4. The summed E-state index contributed by atoms with van der Waals surface area (Å²) in [6, 6.07) is 10.9. The van der Waals surface area contributed by atoms with Gasteiger partial charge < -0.3 is 19.3 Å². The van der Waals surface area contributed by atoms with Crippen molar-refractivity contribution in [3.8, 4) is 17.6 Å². The van der Waals surface area contributed by atoms with Crippen molar-refractivity contribution in [1.82, 2.24) is 9.80 Å². The third kappa shape index (κ3) is 5.43. The van der Waals surface area contributed by atoms with Gasteiger partial charge in [0.2, 0.25) is 5.69 Å². The maximum Gasteiger partial charge on any atom is 0.410 e. The average molecular weight is 588 g/mol. The summed E-state index contributed by atoms with van der Waals surface area (Å²) in [6.45, 7) is 23.2. The summed E-state index contributed by atoms with van der Waals surface area (Å²) in [5.74, 6) is 7.53. The molecule has 0 unspecified atom stereocenters. The minimum Gasteiger partial charge on any atom is -0.489 e. The Labute approximate surface area is 253 Å². The molecule has 2 aromatic carbocycles. The van der Waals surface area contributed by atoms with E-state index < -0.39 is 5.60 Å². The third-order valence-corrected chi connectivity index (χ3v) is 8.84. The molecule has 0 atom stereocenters. The molecule has 0 radical (unpaired) electrons. The Morgan fingerprint density at radius 1 is 1.12 bits per heavy atom. The minimum atomic E-state index is -0.492. The second kappa shape index (κ2) is 10.5. The van der Waals surface area contributed by atoms with Gasteiger partial charge in [0.15, 0.2) is 0 Å². The molecule has 2 heterocycles. The van der Waals surface area contributed by atoms with Crippen molar-refractivity contribution in [1.29, 1.82) is 0 Å². The van der Waals surface area contributed by atoms with Crippen molar-refractivity contribution < 1.29 is 19.1 Å². The highest BCUT2D eigenvalue weighted by Crippen LogP contribution is 2.59. The summed E-state index contributed by atoms with van der Waals surface area (Å²) in [4.78, 5) is 32.8. The summed E-state index contributed by atoms with van der Waals surface area (Å²) in [6.07, 6.45) is 0.287. The van der Waals surface area contributed by atoms with Gasteiger partial charge in [-0.2, -0.15) is 0 Å². The summed E-state index contributed by atoms with van der Waals surface area (Å²) >= 11 is 6.25. The number of amides is 2. The first kappa shape index (κ1) is 29.8. The van der Waals surface area contributed by atoms with Gasteiger partial charge in [0.25, 0.3) is 5.91 Å². The molecule has 8 heteroatoms. The normalized spacial score (nSPS) is 22.2. The van der Waals surface area contributed by atoms with Crippen LogP contribution in [-0.2, 0) is 11.3 Å². The van der Waals surface area contributed by atoms with Crippen LogP contribution in [0.3, 0.4) is 0 Å². The van der Waals surface area contributed by atoms with Crippen LogP contribution in [0.1, 0.15) is 76.4 Å². The molecule has 0 spiro atoms.